The molecule has 2 fully saturated rings. The Morgan fingerprint density at radius 1 is 0.714 bits per heavy atom. The maximum absolute atomic E-state index is 14.5. The molecule has 0 N–H and O–H groups in total. The topological polar surface area (TPSA) is 102 Å². The molecule has 0 radical (unpaired) electrons. The summed E-state index contributed by atoms with van der Waals surface area (Å²) in [6.07, 6.45) is -12.5. The van der Waals surface area contributed by atoms with Gasteiger partial charge in [0.25, 0.3) is 5.90 Å². The molecule has 262 valence electrons. The van der Waals surface area contributed by atoms with E-state index in [1.807, 2.05) is 41.5 Å². The Labute approximate surface area is 284 Å². The molecular formula is C36H40F3NO8Si. The van der Waals surface area contributed by atoms with Crippen LogP contribution in [-0.4, -0.2) is 69.9 Å². The fourth-order valence-electron chi connectivity index (χ4n) is 6.26. The summed E-state index contributed by atoms with van der Waals surface area (Å²) in [5.41, 5.74) is 0.232. The smallest absolute Gasteiger partial charge is 0.452 e. The summed E-state index contributed by atoms with van der Waals surface area (Å²) in [6, 6.07) is 23.3. The molecule has 0 amide bonds. The van der Waals surface area contributed by atoms with Crippen LogP contribution in [0.2, 0.25) is 10.1 Å². The van der Waals surface area contributed by atoms with E-state index in [2.05, 4.69) is 4.99 Å². The number of fused-ring (bicyclic) bond motifs is 1. The number of ether oxygens (including phenoxy) is 4. The second-order valence-corrected chi connectivity index (χ2v) is 18.7. The van der Waals surface area contributed by atoms with E-state index < -0.39 is 73.4 Å². The average molecular weight is 700 g/mol. The van der Waals surface area contributed by atoms with Crippen LogP contribution in [0, 0.1) is 0 Å². The van der Waals surface area contributed by atoms with Crippen molar-refractivity contribution in [1.29, 1.82) is 0 Å². The van der Waals surface area contributed by atoms with Crippen LogP contribution in [-0.2, 0) is 27.8 Å². The zero-order valence-electron chi connectivity index (χ0n) is 28.1. The molecule has 2 aliphatic heterocycles. The molecule has 3 aromatic rings. The SMILES string of the molecule is CC(C)(C)[Si]1(C(C)(C)C)OC[C@H]2O[C@H](OC(=Nc3ccccc3)C(F)(F)F)[C@H](OC(=O)c3ccccc3)[C@@H](OC(=O)c3ccccc3)[C@H]2O1. The highest BCUT2D eigenvalue weighted by Crippen LogP contribution is 2.55. The Morgan fingerprint density at radius 3 is 1.65 bits per heavy atom. The number of nitrogens with zero attached hydrogens (tertiary/aromatic N) is 1. The van der Waals surface area contributed by atoms with E-state index in [1.165, 1.54) is 48.5 Å². The van der Waals surface area contributed by atoms with E-state index >= 15 is 0 Å². The van der Waals surface area contributed by atoms with E-state index in [0.717, 1.165) is 0 Å². The minimum atomic E-state index is -5.08. The lowest BCUT2D eigenvalue weighted by Gasteiger charge is -2.57. The third kappa shape index (κ3) is 7.90. The zero-order valence-corrected chi connectivity index (χ0v) is 29.1. The predicted molar refractivity (Wildman–Crippen MR) is 177 cm³/mol. The number of esters is 2. The minimum absolute atomic E-state index is 0.0381. The van der Waals surface area contributed by atoms with Crippen molar-refractivity contribution in [3.8, 4) is 0 Å². The van der Waals surface area contributed by atoms with E-state index in [4.69, 9.17) is 27.8 Å². The molecule has 9 nitrogen and oxygen atoms in total. The lowest BCUT2D eigenvalue weighted by molar-refractivity contribution is -0.293. The molecule has 2 saturated heterocycles. The number of benzene rings is 3. The van der Waals surface area contributed by atoms with Gasteiger partial charge in [0, 0.05) is 10.1 Å². The normalized spacial score (nSPS) is 24.3. The highest BCUT2D eigenvalue weighted by Gasteiger charge is 2.66. The number of alkyl halides is 3. The van der Waals surface area contributed by atoms with Gasteiger partial charge in [-0.15, -0.1) is 0 Å². The van der Waals surface area contributed by atoms with Gasteiger partial charge >= 0.3 is 26.7 Å². The van der Waals surface area contributed by atoms with Crippen molar-refractivity contribution in [1.82, 2.24) is 0 Å². The fraction of sp³-hybridized carbons (Fsp3) is 0.417. The van der Waals surface area contributed by atoms with E-state index in [9.17, 15) is 22.8 Å². The summed E-state index contributed by atoms with van der Waals surface area (Å²) >= 11 is 0. The quantitative estimate of drug-likeness (QED) is 0.111. The second-order valence-electron chi connectivity index (χ2n) is 13.9. The van der Waals surface area contributed by atoms with Gasteiger partial charge in [-0.1, -0.05) is 96.1 Å². The third-order valence-electron chi connectivity index (χ3n) is 8.28. The predicted octanol–water partition coefficient (Wildman–Crippen LogP) is 7.93. The Bertz CT molecular complexity index is 1610. The first-order chi connectivity index (χ1) is 23.0. The first-order valence-corrected chi connectivity index (χ1v) is 17.7. The summed E-state index contributed by atoms with van der Waals surface area (Å²) in [4.78, 5) is 30.9. The Hall–Kier alpha value is -4.04. The summed E-state index contributed by atoms with van der Waals surface area (Å²) in [7, 11) is -3.29. The van der Waals surface area contributed by atoms with Crippen molar-refractivity contribution < 1.29 is 50.6 Å². The molecule has 13 heteroatoms. The monoisotopic (exact) mass is 699 g/mol. The molecule has 5 atom stereocenters. The summed E-state index contributed by atoms with van der Waals surface area (Å²) in [5.74, 6) is -3.37. The maximum Gasteiger partial charge on any atom is 0.468 e. The molecule has 0 bridgehead atoms. The average Bonchev–Trinajstić information content (AvgIpc) is 3.05. The van der Waals surface area contributed by atoms with Gasteiger partial charge in [0.1, 0.15) is 12.2 Å². The molecule has 0 unspecified atom stereocenters. The summed E-state index contributed by atoms with van der Waals surface area (Å²) in [6.45, 7) is 11.8. The van der Waals surface area contributed by atoms with Gasteiger partial charge in [0.2, 0.25) is 12.4 Å². The number of hydrogen-bond donors (Lipinski definition) is 0. The first kappa shape index (κ1) is 36.2. The van der Waals surface area contributed by atoms with Crippen LogP contribution >= 0.6 is 0 Å². The number of para-hydroxylation sites is 1. The number of hydrogen-bond acceptors (Lipinski definition) is 9. The number of carbonyl (C=O) groups is 2. The van der Waals surface area contributed by atoms with Crippen molar-refractivity contribution in [2.75, 3.05) is 6.61 Å². The van der Waals surface area contributed by atoms with Crippen molar-refractivity contribution in [3.05, 3.63) is 102 Å². The van der Waals surface area contributed by atoms with Crippen molar-refractivity contribution in [3.63, 3.8) is 0 Å². The van der Waals surface area contributed by atoms with Crippen LogP contribution in [0.25, 0.3) is 0 Å². The maximum atomic E-state index is 14.5. The van der Waals surface area contributed by atoms with Crippen LogP contribution in [0.3, 0.4) is 0 Å². The number of rotatable bonds is 6. The standard InChI is InChI=1S/C36H40F3NO8Si/c1-34(2,3)49(35(4,5)6)43-22-26-27(48-49)28(45-30(41)23-16-10-7-11-17-23)29(46-31(42)24-18-12-8-13-19-24)32(44-26)47-33(36(37,38)39)40-25-20-14-9-15-21-25/h7-21,26-29,32H,22H2,1-6H3/t26-,27+,28+,29-,32-/m1/s1. The largest absolute Gasteiger partial charge is 0.468 e. The van der Waals surface area contributed by atoms with Gasteiger partial charge in [-0.25, -0.2) is 14.6 Å². The molecule has 2 aliphatic rings. The first-order valence-electron chi connectivity index (χ1n) is 15.9. The second kappa shape index (κ2) is 14.1. The van der Waals surface area contributed by atoms with E-state index in [0.29, 0.717) is 0 Å². The molecule has 5 rings (SSSR count). The fourth-order valence-corrected chi connectivity index (χ4v) is 11.2. The van der Waals surface area contributed by atoms with Crippen LogP contribution in [0.1, 0.15) is 62.3 Å². The number of aliphatic imine (C=N–C) groups is 1. The zero-order chi connectivity index (χ0) is 35.6. The lowest BCUT2D eigenvalue weighted by Crippen LogP contribution is -2.72. The number of halogens is 3. The third-order valence-corrected chi connectivity index (χ3v) is 13.4. The molecule has 49 heavy (non-hydrogen) atoms. The van der Waals surface area contributed by atoms with Crippen LogP contribution < -0.4 is 0 Å². The van der Waals surface area contributed by atoms with Crippen LogP contribution in [0.4, 0.5) is 18.9 Å². The van der Waals surface area contributed by atoms with Gasteiger partial charge in [-0.2, -0.15) is 13.2 Å². The molecule has 0 aliphatic carbocycles. The van der Waals surface area contributed by atoms with Crippen LogP contribution in [0.15, 0.2) is 96.0 Å². The van der Waals surface area contributed by atoms with Crippen LogP contribution in [0.5, 0.6) is 0 Å². The summed E-state index contributed by atoms with van der Waals surface area (Å²) < 4.78 is 80.5. The van der Waals surface area contributed by atoms with Gasteiger partial charge in [-0.3, -0.25) is 0 Å². The van der Waals surface area contributed by atoms with Crippen molar-refractivity contribution >= 4 is 32.1 Å². The minimum Gasteiger partial charge on any atom is -0.452 e. The van der Waals surface area contributed by atoms with Crippen molar-refractivity contribution in [2.45, 2.75) is 88.5 Å². The molecule has 3 aromatic carbocycles. The highest BCUT2D eigenvalue weighted by atomic mass is 28.4. The molecule has 2 heterocycles. The Balaban J connectivity index is 1.63. The van der Waals surface area contributed by atoms with E-state index in [-0.39, 0.29) is 23.4 Å². The highest BCUT2D eigenvalue weighted by molar-refractivity contribution is 6.73. The van der Waals surface area contributed by atoms with Gasteiger partial charge in [0.05, 0.1) is 23.4 Å². The molecular weight excluding hydrogens is 659 g/mol. The number of carbonyl (C=O) groups excluding carboxylic acids is 2. The Morgan fingerprint density at radius 2 is 1.18 bits per heavy atom. The molecule has 0 spiro atoms. The Kier molecular flexibility index (Phi) is 10.4. The molecule has 0 saturated carbocycles. The van der Waals surface area contributed by atoms with E-state index in [1.54, 1.807) is 42.5 Å². The summed E-state index contributed by atoms with van der Waals surface area (Å²) in [5, 5.41) is -1.06. The lowest BCUT2D eigenvalue weighted by atomic mass is 9.98. The van der Waals surface area contributed by atoms with Gasteiger partial charge in [-0.05, 0) is 36.4 Å². The van der Waals surface area contributed by atoms with Gasteiger partial charge < -0.3 is 27.8 Å². The molecule has 0 aromatic heterocycles. The van der Waals surface area contributed by atoms with Crippen molar-refractivity contribution in [2.24, 2.45) is 4.99 Å². The van der Waals surface area contributed by atoms with Gasteiger partial charge in [0.15, 0.2) is 6.10 Å².